The van der Waals surface area contributed by atoms with Gasteiger partial charge in [0.2, 0.25) is 0 Å². The summed E-state index contributed by atoms with van der Waals surface area (Å²) in [5, 5.41) is 11.5. The van der Waals surface area contributed by atoms with Crippen LogP contribution in [0.1, 0.15) is 11.3 Å². The predicted molar refractivity (Wildman–Crippen MR) is 63.4 cm³/mol. The van der Waals surface area contributed by atoms with Gasteiger partial charge in [-0.15, -0.1) is 0 Å². The van der Waals surface area contributed by atoms with Crippen LogP contribution in [0.15, 0.2) is 47.7 Å². The molecule has 2 rings (SSSR count). The Balaban J connectivity index is 2.13. The fourth-order valence-corrected chi connectivity index (χ4v) is 1.46. The number of benzene rings is 1. The topological polar surface area (TPSA) is 49.9 Å². The van der Waals surface area contributed by atoms with E-state index in [9.17, 15) is 4.39 Å². The molecule has 4 heteroatoms. The third kappa shape index (κ3) is 2.47. The smallest absolute Gasteiger partial charge is 0.126 e. The van der Waals surface area contributed by atoms with Crippen LogP contribution in [0.3, 0.4) is 0 Å². The highest BCUT2D eigenvalue weighted by molar-refractivity contribution is 6.21. The normalized spacial score (nSPS) is 10.2. The summed E-state index contributed by atoms with van der Waals surface area (Å²) in [4.78, 5) is 0. The highest BCUT2D eigenvalue weighted by Gasteiger charge is 2.11. The Morgan fingerprint density at radius 3 is 2.76 bits per heavy atom. The molecule has 1 N–H and O–H groups in total. The van der Waals surface area contributed by atoms with Gasteiger partial charge in [0.1, 0.15) is 17.8 Å². The van der Waals surface area contributed by atoms with Crippen molar-refractivity contribution >= 4 is 11.3 Å². The van der Waals surface area contributed by atoms with Gasteiger partial charge in [-0.05, 0) is 11.6 Å². The van der Waals surface area contributed by atoms with Crippen LogP contribution >= 0.6 is 0 Å². The first-order valence-electron chi connectivity index (χ1n) is 5.09. The lowest BCUT2D eigenvalue weighted by Gasteiger charge is -2.05. The third-order valence-corrected chi connectivity index (χ3v) is 2.44. The molecule has 86 valence electrons. The summed E-state index contributed by atoms with van der Waals surface area (Å²) in [6, 6.07) is 8.01. The van der Waals surface area contributed by atoms with Gasteiger partial charge in [-0.3, -0.25) is 0 Å². The fourth-order valence-electron chi connectivity index (χ4n) is 1.46. The molecule has 0 unspecified atom stereocenters. The lowest BCUT2D eigenvalue weighted by atomic mass is 10.0. The first-order valence-corrected chi connectivity index (χ1v) is 5.09. The molecule has 0 saturated carbocycles. The Kier molecular flexibility index (Phi) is 3.14. The van der Waals surface area contributed by atoms with Gasteiger partial charge < -0.3 is 9.93 Å². The molecule has 0 aliphatic carbocycles. The van der Waals surface area contributed by atoms with Crippen LogP contribution in [-0.2, 0) is 6.42 Å². The second-order valence-corrected chi connectivity index (χ2v) is 3.61. The molecular weight excluding hydrogens is 219 g/mol. The summed E-state index contributed by atoms with van der Waals surface area (Å²) < 4.78 is 18.1. The van der Waals surface area contributed by atoms with Crippen molar-refractivity contribution in [2.45, 2.75) is 6.42 Å². The number of halogens is 1. The van der Waals surface area contributed by atoms with Gasteiger partial charge in [-0.25, -0.2) is 4.39 Å². The van der Waals surface area contributed by atoms with Crippen molar-refractivity contribution in [2.75, 3.05) is 0 Å². The molecule has 0 aliphatic heterocycles. The molecule has 0 spiro atoms. The maximum atomic E-state index is 13.4. The van der Waals surface area contributed by atoms with E-state index in [0.29, 0.717) is 16.8 Å². The van der Waals surface area contributed by atoms with E-state index in [-0.39, 0.29) is 17.9 Å². The van der Waals surface area contributed by atoms with E-state index in [1.807, 2.05) is 0 Å². The van der Waals surface area contributed by atoms with Crippen molar-refractivity contribution in [2.24, 2.45) is 0 Å². The van der Waals surface area contributed by atoms with Crippen molar-refractivity contribution < 1.29 is 8.91 Å². The van der Waals surface area contributed by atoms with Crippen LogP contribution in [0.2, 0.25) is 0 Å². The second kappa shape index (κ2) is 4.74. The second-order valence-electron chi connectivity index (χ2n) is 3.61. The van der Waals surface area contributed by atoms with Crippen molar-refractivity contribution in [3.63, 3.8) is 0 Å². The number of aromatic nitrogens is 1. The highest BCUT2D eigenvalue weighted by Crippen LogP contribution is 2.15. The lowest BCUT2D eigenvalue weighted by molar-refractivity contribution is 0.418. The quantitative estimate of drug-likeness (QED) is 0.820. The summed E-state index contributed by atoms with van der Waals surface area (Å²) >= 11 is 0. The molecule has 0 bridgehead atoms. The van der Waals surface area contributed by atoms with E-state index in [4.69, 9.17) is 5.41 Å². The largest absolute Gasteiger partial charge is 0.364 e. The minimum absolute atomic E-state index is 0.193. The van der Waals surface area contributed by atoms with Gasteiger partial charge in [-0.1, -0.05) is 29.9 Å². The fraction of sp³-hybridized carbons (Fsp3) is 0.0769. The van der Waals surface area contributed by atoms with E-state index in [1.165, 1.54) is 12.3 Å². The van der Waals surface area contributed by atoms with Gasteiger partial charge in [-0.2, -0.15) is 0 Å². The van der Waals surface area contributed by atoms with Crippen molar-refractivity contribution in [1.29, 1.82) is 5.41 Å². The van der Waals surface area contributed by atoms with E-state index in [0.717, 1.165) is 0 Å². The zero-order valence-corrected chi connectivity index (χ0v) is 9.11. The first-order chi connectivity index (χ1) is 8.18. The molecule has 0 aliphatic rings. The lowest BCUT2D eigenvalue weighted by Crippen LogP contribution is -2.05. The molecule has 17 heavy (non-hydrogen) atoms. The molecule has 1 aromatic heterocycles. The number of allylic oxidation sites excluding steroid dienone is 1. The number of hydrogen-bond donors (Lipinski definition) is 1. The molecule has 0 radical (unpaired) electrons. The van der Waals surface area contributed by atoms with Crippen LogP contribution < -0.4 is 0 Å². The maximum Gasteiger partial charge on any atom is 0.126 e. The average molecular weight is 230 g/mol. The van der Waals surface area contributed by atoms with E-state index in [2.05, 4.69) is 16.3 Å². The number of rotatable bonds is 4. The number of nitrogens with one attached hydrogen (secondary N) is 1. The van der Waals surface area contributed by atoms with Crippen LogP contribution in [0.4, 0.5) is 4.39 Å². The first kappa shape index (κ1) is 11.3. The van der Waals surface area contributed by atoms with E-state index in [1.54, 1.807) is 24.3 Å². The van der Waals surface area contributed by atoms with Gasteiger partial charge in [0.25, 0.3) is 0 Å². The van der Waals surface area contributed by atoms with Crippen LogP contribution in [-0.4, -0.2) is 10.9 Å². The van der Waals surface area contributed by atoms with E-state index >= 15 is 0 Å². The van der Waals surface area contributed by atoms with Gasteiger partial charge in [0.15, 0.2) is 0 Å². The Morgan fingerprint density at radius 1 is 1.35 bits per heavy atom. The SMILES string of the molecule is C=C(C(=N)Cc1ccccc1F)c1ccon1. The molecule has 2 aromatic rings. The number of nitrogens with zero attached hydrogens (tertiary/aromatic N) is 1. The van der Waals surface area contributed by atoms with Crippen molar-refractivity contribution in [3.05, 3.63) is 60.2 Å². The Labute approximate surface area is 98.1 Å². The third-order valence-electron chi connectivity index (χ3n) is 2.44. The summed E-state index contributed by atoms with van der Waals surface area (Å²) in [5.74, 6) is -0.315. The molecule has 0 saturated heterocycles. The Morgan fingerprint density at radius 2 is 2.12 bits per heavy atom. The molecule has 0 atom stereocenters. The summed E-state index contributed by atoms with van der Waals surface area (Å²) in [7, 11) is 0. The molecule has 1 aromatic carbocycles. The predicted octanol–water partition coefficient (Wildman–Crippen LogP) is 3.09. The van der Waals surface area contributed by atoms with Gasteiger partial charge >= 0.3 is 0 Å². The summed E-state index contributed by atoms with van der Waals surface area (Å²) in [6.07, 6.45) is 1.61. The standard InChI is InChI=1S/C13H11FN2O/c1-9(13-6-7-17-16-13)12(15)8-10-4-2-3-5-11(10)14/h2-7,15H,1,8H2. The Hall–Kier alpha value is -2.23. The minimum Gasteiger partial charge on any atom is -0.364 e. The molecular formula is C13H11FN2O. The zero-order chi connectivity index (χ0) is 12.3. The molecule has 0 amide bonds. The van der Waals surface area contributed by atoms with Crippen molar-refractivity contribution in [3.8, 4) is 0 Å². The van der Waals surface area contributed by atoms with Gasteiger partial charge in [0, 0.05) is 23.8 Å². The van der Waals surface area contributed by atoms with Gasteiger partial charge in [0.05, 0.1) is 0 Å². The average Bonchev–Trinajstić information content (AvgIpc) is 2.84. The van der Waals surface area contributed by atoms with Crippen molar-refractivity contribution in [1.82, 2.24) is 5.16 Å². The summed E-state index contributed by atoms with van der Waals surface area (Å²) in [6.45, 7) is 3.75. The zero-order valence-electron chi connectivity index (χ0n) is 9.11. The summed E-state index contributed by atoms with van der Waals surface area (Å²) in [5.41, 5.74) is 1.65. The van der Waals surface area contributed by atoms with E-state index < -0.39 is 0 Å². The Bertz CT molecular complexity index is 546. The maximum absolute atomic E-state index is 13.4. The molecule has 0 fully saturated rings. The molecule has 3 nitrogen and oxygen atoms in total. The van der Waals surface area contributed by atoms with Crippen LogP contribution in [0, 0.1) is 11.2 Å². The van der Waals surface area contributed by atoms with Crippen LogP contribution in [0.5, 0.6) is 0 Å². The highest BCUT2D eigenvalue weighted by atomic mass is 19.1. The monoisotopic (exact) mass is 230 g/mol. The van der Waals surface area contributed by atoms with Crippen LogP contribution in [0.25, 0.3) is 5.57 Å². The molecule has 1 heterocycles. The minimum atomic E-state index is -0.315. The number of hydrogen-bond acceptors (Lipinski definition) is 3.